The van der Waals surface area contributed by atoms with E-state index >= 15 is 0 Å². The summed E-state index contributed by atoms with van der Waals surface area (Å²) in [7, 11) is 0. The second-order valence-corrected chi connectivity index (χ2v) is 4.33. The van der Waals surface area contributed by atoms with Crippen molar-refractivity contribution < 1.29 is 13.5 Å². The molecule has 0 aromatic heterocycles. The molecule has 20 heavy (non-hydrogen) atoms. The molecule has 0 aliphatic rings. The van der Waals surface area contributed by atoms with Gasteiger partial charge in [-0.05, 0) is 43.3 Å². The van der Waals surface area contributed by atoms with Crippen LogP contribution in [0.25, 0.3) is 0 Å². The largest absolute Gasteiger partial charge is 0.454 e. The zero-order valence-electron chi connectivity index (χ0n) is 10.7. The van der Waals surface area contributed by atoms with Crippen LogP contribution in [-0.4, -0.2) is 0 Å². The summed E-state index contributed by atoms with van der Waals surface area (Å²) < 4.78 is 32.4. The molecular weight excluding hydrogens is 262 g/mol. The van der Waals surface area contributed by atoms with Crippen LogP contribution in [0.1, 0.15) is 24.1 Å². The Kier molecular flexibility index (Phi) is 3.97. The van der Waals surface area contributed by atoms with Crippen LogP contribution in [0.3, 0.4) is 0 Å². The van der Waals surface area contributed by atoms with Crippen molar-refractivity contribution >= 4 is 0 Å². The zero-order valence-corrected chi connectivity index (χ0v) is 10.7. The van der Waals surface area contributed by atoms with Crippen LogP contribution in [0.5, 0.6) is 11.5 Å². The Hall–Kier alpha value is -2.45. The van der Waals surface area contributed by atoms with E-state index in [1.165, 1.54) is 30.3 Å². The lowest BCUT2D eigenvalue weighted by Gasteiger charge is -2.14. The molecule has 2 rings (SSSR count). The van der Waals surface area contributed by atoms with E-state index in [0.717, 1.165) is 6.07 Å². The van der Waals surface area contributed by atoms with E-state index in [1.807, 2.05) is 6.07 Å². The van der Waals surface area contributed by atoms with Crippen molar-refractivity contribution in [3.8, 4) is 17.6 Å². The van der Waals surface area contributed by atoms with Gasteiger partial charge >= 0.3 is 0 Å². The summed E-state index contributed by atoms with van der Waals surface area (Å²) in [6, 6.07) is 9.09. The number of benzene rings is 2. The smallest absolute Gasteiger partial charge is 0.167 e. The summed E-state index contributed by atoms with van der Waals surface area (Å²) in [6.07, 6.45) is 0. The number of rotatable bonds is 3. The van der Waals surface area contributed by atoms with Crippen LogP contribution < -0.4 is 10.5 Å². The minimum absolute atomic E-state index is 0.0440. The van der Waals surface area contributed by atoms with E-state index in [0.29, 0.717) is 5.56 Å². The van der Waals surface area contributed by atoms with Crippen molar-refractivity contribution in [3.63, 3.8) is 0 Å². The van der Waals surface area contributed by atoms with Gasteiger partial charge in [0, 0.05) is 11.6 Å². The normalized spacial score (nSPS) is 11.8. The summed E-state index contributed by atoms with van der Waals surface area (Å²) >= 11 is 0. The highest BCUT2D eigenvalue weighted by molar-refractivity contribution is 5.42. The number of nitriles is 1. The number of hydrogen-bond donors (Lipinski definition) is 1. The first-order valence-corrected chi connectivity index (χ1v) is 5.94. The monoisotopic (exact) mass is 274 g/mol. The van der Waals surface area contributed by atoms with E-state index < -0.39 is 17.7 Å². The first-order valence-electron chi connectivity index (χ1n) is 5.94. The van der Waals surface area contributed by atoms with Crippen LogP contribution in [0, 0.1) is 23.0 Å². The molecule has 0 saturated carbocycles. The molecule has 0 heterocycles. The van der Waals surface area contributed by atoms with Gasteiger partial charge < -0.3 is 10.5 Å². The highest BCUT2D eigenvalue weighted by atomic mass is 19.1. The second kappa shape index (κ2) is 5.68. The van der Waals surface area contributed by atoms with Gasteiger partial charge in [-0.15, -0.1) is 0 Å². The number of hydrogen-bond acceptors (Lipinski definition) is 3. The average Bonchev–Trinajstić information content (AvgIpc) is 2.42. The van der Waals surface area contributed by atoms with Gasteiger partial charge in [-0.3, -0.25) is 0 Å². The molecule has 2 N–H and O–H groups in total. The Balaban J connectivity index is 2.38. The molecule has 3 nitrogen and oxygen atoms in total. The third-order valence-corrected chi connectivity index (χ3v) is 2.74. The minimum Gasteiger partial charge on any atom is -0.454 e. The molecular formula is C15H12F2N2O. The lowest BCUT2D eigenvalue weighted by atomic mass is 10.1. The van der Waals surface area contributed by atoms with Gasteiger partial charge in [0.15, 0.2) is 11.6 Å². The molecule has 0 bridgehead atoms. The summed E-state index contributed by atoms with van der Waals surface area (Å²) in [5.74, 6) is -0.864. The van der Waals surface area contributed by atoms with Crippen molar-refractivity contribution in [2.75, 3.05) is 0 Å². The topological polar surface area (TPSA) is 59.0 Å². The van der Waals surface area contributed by atoms with Gasteiger partial charge in [-0.1, -0.05) is 0 Å². The predicted octanol–water partition coefficient (Wildman–Crippen LogP) is 3.65. The minimum atomic E-state index is -0.663. The van der Waals surface area contributed by atoms with Crippen molar-refractivity contribution in [1.29, 1.82) is 5.26 Å². The third kappa shape index (κ3) is 2.92. The van der Waals surface area contributed by atoms with Crippen LogP contribution in [0.2, 0.25) is 0 Å². The SMILES string of the molecule is CC(N)c1cc(F)ccc1Oc1ccc(C#N)cc1F. The van der Waals surface area contributed by atoms with Crippen molar-refractivity contribution in [1.82, 2.24) is 0 Å². The molecule has 102 valence electrons. The Bertz CT molecular complexity index is 678. The van der Waals surface area contributed by atoms with Gasteiger partial charge in [0.2, 0.25) is 0 Å². The van der Waals surface area contributed by atoms with E-state index in [2.05, 4.69) is 0 Å². The summed E-state index contributed by atoms with van der Waals surface area (Å²) in [5, 5.41) is 8.67. The third-order valence-electron chi connectivity index (χ3n) is 2.74. The standard InChI is InChI=1S/C15H12F2N2O/c1-9(19)12-7-11(16)3-5-14(12)20-15-4-2-10(8-18)6-13(15)17/h2-7,9H,19H2,1H3. The van der Waals surface area contributed by atoms with E-state index in [9.17, 15) is 8.78 Å². The lowest BCUT2D eigenvalue weighted by Crippen LogP contribution is -2.07. The van der Waals surface area contributed by atoms with Gasteiger partial charge in [0.25, 0.3) is 0 Å². The van der Waals surface area contributed by atoms with Crippen LogP contribution >= 0.6 is 0 Å². The fourth-order valence-corrected chi connectivity index (χ4v) is 1.74. The Morgan fingerprint density at radius 2 is 1.85 bits per heavy atom. The Morgan fingerprint density at radius 3 is 2.45 bits per heavy atom. The lowest BCUT2D eigenvalue weighted by molar-refractivity contribution is 0.433. The number of nitrogens with zero attached hydrogens (tertiary/aromatic N) is 1. The molecule has 0 radical (unpaired) electrons. The molecule has 5 heteroatoms. The van der Waals surface area contributed by atoms with Crippen molar-refractivity contribution in [2.45, 2.75) is 13.0 Å². The number of halogens is 2. The average molecular weight is 274 g/mol. The molecule has 0 saturated heterocycles. The van der Waals surface area contributed by atoms with Gasteiger partial charge in [-0.25, -0.2) is 8.78 Å². The first kappa shape index (κ1) is 14.0. The highest BCUT2D eigenvalue weighted by Crippen LogP contribution is 2.31. The van der Waals surface area contributed by atoms with Crippen LogP contribution in [0.15, 0.2) is 36.4 Å². The van der Waals surface area contributed by atoms with Gasteiger partial charge in [0.1, 0.15) is 11.6 Å². The van der Waals surface area contributed by atoms with E-state index in [-0.39, 0.29) is 17.1 Å². The molecule has 0 spiro atoms. The number of ether oxygens (including phenoxy) is 1. The molecule has 1 unspecified atom stereocenters. The molecule has 0 amide bonds. The fourth-order valence-electron chi connectivity index (χ4n) is 1.74. The van der Waals surface area contributed by atoms with Gasteiger partial charge in [0.05, 0.1) is 11.6 Å². The van der Waals surface area contributed by atoms with Crippen LogP contribution in [-0.2, 0) is 0 Å². The molecule has 2 aromatic carbocycles. The second-order valence-electron chi connectivity index (χ2n) is 4.33. The quantitative estimate of drug-likeness (QED) is 0.929. The maximum atomic E-state index is 13.8. The van der Waals surface area contributed by atoms with E-state index in [1.54, 1.807) is 6.92 Å². The van der Waals surface area contributed by atoms with Crippen LogP contribution in [0.4, 0.5) is 8.78 Å². The fraction of sp³-hybridized carbons (Fsp3) is 0.133. The van der Waals surface area contributed by atoms with Gasteiger partial charge in [-0.2, -0.15) is 5.26 Å². The predicted molar refractivity (Wildman–Crippen MR) is 70.2 cm³/mol. The summed E-state index contributed by atoms with van der Waals surface area (Å²) in [6.45, 7) is 1.68. The highest BCUT2D eigenvalue weighted by Gasteiger charge is 2.13. The molecule has 2 aromatic rings. The molecule has 0 fully saturated rings. The maximum absolute atomic E-state index is 13.8. The summed E-state index contributed by atoms with van der Waals surface area (Å²) in [5.41, 5.74) is 6.37. The van der Waals surface area contributed by atoms with Crippen molar-refractivity contribution in [3.05, 3.63) is 59.2 Å². The molecule has 0 aliphatic heterocycles. The number of nitrogens with two attached hydrogens (primary N) is 1. The maximum Gasteiger partial charge on any atom is 0.167 e. The zero-order chi connectivity index (χ0) is 14.7. The molecule has 1 atom stereocenters. The first-order chi connectivity index (χ1) is 9.51. The molecule has 0 aliphatic carbocycles. The Morgan fingerprint density at radius 1 is 1.15 bits per heavy atom. The van der Waals surface area contributed by atoms with Crippen molar-refractivity contribution in [2.24, 2.45) is 5.73 Å². The Labute approximate surface area is 115 Å². The van der Waals surface area contributed by atoms with E-state index in [4.69, 9.17) is 15.7 Å². The summed E-state index contributed by atoms with van der Waals surface area (Å²) in [4.78, 5) is 0.